The van der Waals surface area contributed by atoms with Crippen molar-refractivity contribution in [3.63, 3.8) is 0 Å². The Morgan fingerprint density at radius 2 is 1.89 bits per heavy atom. The van der Waals surface area contributed by atoms with Crippen molar-refractivity contribution in [1.29, 1.82) is 0 Å². The number of hydrogen-bond acceptors (Lipinski definition) is 5. The first-order valence-corrected chi connectivity index (χ1v) is 6.01. The molecule has 0 amide bonds. The summed E-state index contributed by atoms with van der Waals surface area (Å²) in [6, 6.07) is 0. The molecule has 0 aromatic carbocycles. The van der Waals surface area contributed by atoms with E-state index in [0.717, 1.165) is 35.8 Å². The zero-order valence-corrected chi connectivity index (χ0v) is 11.7. The van der Waals surface area contributed by atoms with Crippen LogP contribution in [0.25, 0.3) is 11.0 Å². The fourth-order valence-corrected chi connectivity index (χ4v) is 1.86. The summed E-state index contributed by atoms with van der Waals surface area (Å²) in [4.78, 5) is 13.3. The van der Waals surface area contributed by atoms with Gasteiger partial charge in [-0.2, -0.15) is 5.10 Å². The van der Waals surface area contributed by atoms with Crippen molar-refractivity contribution < 1.29 is 0 Å². The Bertz CT molecular complexity index is 545. The number of aromatic nitrogens is 4. The van der Waals surface area contributed by atoms with Crippen LogP contribution >= 0.6 is 0 Å². The van der Waals surface area contributed by atoms with Gasteiger partial charge in [0.25, 0.3) is 0 Å². The lowest BCUT2D eigenvalue weighted by Crippen LogP contribution is -2.29. The first-order valence-electron chi connectivity index (χ1n) is 6.01. The second kappa shape index (κ2) is 4.89. The van der Waals surface area contributed by atoms with Gasteiger partial charge in [0.05, 0.1) is 11.6 Å². The van der Waals surface area contributed by atoms with Gasteiger partial charge in [-0.1, -0.05) is 0 Å². The molecule has 0 atom stereocenters. The molecule has 0 fully saturated rings. The van der Waals surface area contributed by atoms with Gasteiger partial charge in [-0.15, -0.1) is 0 Å². The van der Waals surface area contributed by atoms with Crippen LogP contribution in [0.3, 0.4) is 0 Å². The van der Waals surface area contributed by atoms with Crippen molar-refractivity contribution in [3.8, 4) is 0 Å². The van der Waals surface area contributed by atoms with Crippen molar-refractivity contribution in [1.82, 2.24) is 24.6 Å². The van der Waals surface area contributed by atoms with Gasteiger partial charge in [-0.3, -0.25) is 4.68 Å². The molecule has 0 bridgehead atoms. The molecule has 0 saturated carbocycles. The molecule has 6 heteroatoms. The van der Waals surface area contributed by atoms with Crippen molar-refractivity contribution in [2.75, 3.05) is 39.1 Å². The van der Waals surface area contributed by atoms with Crippen LogP contribution in [0.5, 0.6) is 0 Å². The van der Waals surface area contributed by atoms with Crippen LogP contribution in [0.1, 0.15) is 5.82 Å². The SMILES string of the molecule is Cc1nc(N(C)CCN(C)C)c2cnn(C)c2n1. The van der Waals surface area contributed by atoms with Crippen LogP contribution in [-0.4, -0.2) is 58.9 Å². The summed E-state index contributed by atoms with van der Waals surface area (Å²) in [7, 11) is 8.09. The largest absolute Gasteiger partial charge is 0.358 e. The fourth-order valence-electron chi connectivity index (χ4n) is 1.86. The predicted octanol–water partition coefficient (Wildman–Crippen LogP) is 0.670. The lowest BCUT2D eigenvalue weighted by molar-refractivity contribution is 0.416. The molecule has 0 aliphatic heterocycles. The first-order chi connectivity index (χ1) is 8.49. The summed E-state index contributed by atoms with van der Waals surface area (Å²) in [5, 5.41) is 5.26. The Balaban J connectivity index is 2.37. The number of fused-ring (bicyclic) bond motifs is 1. The number of hydrogen-bond donors (Lipinski definition) is 0. The molecule has 2 aromatic heterocycles. The van der Waals surface area contributed by atoms with Gasteiger partial charge in [0, 0.05) is 27.2 Å². The highest BCUT2D eigenvalue weighted by molar-refractivity contribution is 5.86. The van der Waals surface area contributed by atoms with E-state index in [9.17, 15) is 0 Å². The average Bonchev–Trinajstić information content (AvgIpc) is 2.67. The molecule has 98 valence electrons. The van der Waals surface area contributed by atoms with Gasteiger partial charge in [0.1, 0.15) is 11.6 Å². The Morgan fingerprint density at radius 1 is 1.17 bits per heavy atom. The van der Waals surface area contributed by atoms with E-state index in [1.54, 1.807) is 4.68 Å². The summed E-state index contributed by atoms with van der Waals surface area (Å²) in [6.45, 7) is 3.82. The lowest BCUT2D eigenvalue weighted by Gasteiger charge is -2.21. The minimum atomic E-state index is 0.776. The minimum Gasteiger partial charge on any atom is -0.358 e. The van der Waals surface area contributed by atoms with E-state index in [1.807, 2.05) is 20.2 Å². The van der Waals surface area contributed by atoms with Gasteiger partial charge in [-0.25, -0.2) is 9.97 Å². The third-order valence-corrected chi connectivity index (χ3v) is 2.93. The molecule has 0 aliphatic rings. The molecule has 18 heavy (non-hydrogen) atoms. The third-order valence-electron chi connectivity index (χ3n) is 2.93. The molecule has 0 radical (unpaired) electrons. The van der Waals surface area contributed by atoms with Gasteiger partial charge >= 0.3 is 0 Å². The van der Waals surface area contributed by atoms with E-state index in [0.29, 0.717) is 0 Å². The Hall–Kier alpha value is -1.69. The fraction of sp³-hybridized carbons (Fsp3) is 0.583. The monoisotopic (exact) mass is 248 g/mol. The van der Waals surface area contributed by atoms with E-state index in [4.69, 9.17) is 0 Å². The highest BCUT2D eigenvalue weighted by atomic mass is 15.3. The van der Waals surface area contributed by atoms with Crippen LogP contribution in [0.2, 0.25) is 0 Å². The second-order valence-electron chi connectivity index (χ2n) is 4.82. The molecule has 0 saturated heterocycles. The number of rotatable bonds is 4. The van der Waals surface area contributed by atoms with Crippen molar-refractivity contribution in [2.45, 2.75) is 6.92 Å². The maximum Gasteiger partial charge on any atom is 0.163 e. The highest BCUT2D eigenvalue weighted by Gasteiger charge is 2.13. The first kappa shape index (κ1) is 12.8. The van der Waals surface area contributed by atoms with Crippen LogP contribution < -0.4 is 4.90 Å². The van der Waals surface area contributed by atoms with Crippen LogP contribution in [0.4, 0.5) is 5.82 Å². The molecule has 0 unspecified atom stereocenters. The lowest BCUT2D eigenvalue weighted by atomic mass is 10.3. The standard InChI is InChI=1S/C12H20N6/c1-9-14-11(17(4)7-6-16(2)3)10-8-13-18(5)12(10)15-9/h8H,6-7H2,1-5H3. The molecule has 0 N–H and O–H groups in total. The summed E-state index contributed by atoms with van der Waals surface area (Å²) < 4.78 is 1.79. The summed E-state index contributed by atoms with van der Waals surface area (Å²) in [5.41, 5.74) is 0.884. The topological polar surface area (TPSA) is 50.1 Å². The van der Waals surface area contributed by atoms with E-state index < -0.39 is 0 Å². The summed E-state index contributed by atoms with van der Waals surface area (Å²) in [5.74, 6) is 1.73. The Kier molecular flexibility index (Phi) is 3.47. The van der Waals surface area contributed by atoms with Gasteiger partial charge < -0.3 is 9.80 Å². The third kappa shape index (κ3) is 2.43. The molecule has 6 nitrogen and oxygen atoms in total. The van der Waals surface area contributed by atoms with Gasteiger partial charge in [-0.05, 0) is 21.0 Å². The van der Waals surface area contributed by atoms with Crippen LogP contribution in [0.15, 0.2) is 6.20 Å². The van der Waals surface area contributed by atoms with Crippen molar-refractivity contribution in [3.05, 3.63) is 12.0 Å². The molecule has 0 aliphatic carbocycles. The van der Waals surface area contributed by atoms with Crippen LogP contribution in [0, 0.1) is 6.92 Å². The van der Waals surface area contributed by atoms with Crippen molar-refractivity contribution >= 4 is 16.9 Å². The average molecular weight is 248 g/mol. The number of likely N-dealkylation sites (N-methyl/N-ethyl adjacent to an activating group) is 2. The van der Waals surface area contributed by atoms with E-state index in [2.05, 4.69) is 46.0 Å². The summed E-state index contributed by atoms with van der Waals surface area (Å²) >= 11 is 0. The summed E-state index contributed by atoms with van der Waals surface area (Å²) in [6.07, 6.45) is 1.83. The van der Waals surface area contributed by atoms with E-state index >= 15 is 0 Å². The number of nitrogens with zero attached hydrogens (tertiary/aromatic N) is 6. The molecular formula is C12H20N6. The molecule has 2 heterocycles. The zero-order chi connectivity index (χ0) is 13.3. The Morgan fingerprint density at radius 3 is 2.56 bits per heavy atom. The molecule has 0 spiro atoms. The predicted molar refractivity (Wildman–Crippen MR) is 72.9 cm³/mol. The van der Waals surface area contributed by atoms with Crippen molar-refractivity contribution in [2.24, 2.45) is 7.05 Å². The number of aryl methyl sites for hydroxylation is 2. The second-order valence-corrected chi connectivity index (χ2v) is 4.82. The molecule has 2 rings (SSSR count). The maximum absolute atomic E-state index is 4.54. The molecular weight excluding hydrogens is 228 g/mol. The van der Waals surface area contributed by atoms with E-state index in [-0.39, 0.29) is 0 Å². The highest BCUT2D eigenvalue weighted by Crippen LogP contribution is 2.22. The Labute approximate surface area is 107 Å². The maximum atomic E-state index is 4.54. The quantitative estimate of drug-likeness (QED) is 0.796. The molecule has 2 aromatic rings. The number of anilines is 1. The van der Waals surface area contributed by atoms with Crippen LogP contribution in [-0.2, 0) is 7.05 Å². The van der Waals surface area contributed by atoms with E-state index in [1.165, 1.54) is 0 Å². The zero-order valence-electron chi connectivity index (χ0n) is 11.7. The minimum absolute atomic E-state index is 0.776. The van der Waals surface area contributed by atoms with Gasteiger partial charge in [0.15, 0.2) is 5.65 Å². The van der Waals surface area contributed by atoms with Gasteiger partial charge in [0.2, 0.25) is 0 Å². The normalized spacial score (nSPS) is 11.4. The smallest absolute Gasteiger partial charge is 0.163 e.